The number of nitrogens with one attached hydrogen (secondary N) is 1. The number of carbonyl (C=O) groups excluding carboxylic acids is 2. The van der Waals surface area contributed by atoms with Crippen LogP contribution in [0.1, 0.15) is 50.6 Å². The Morgan fingerprint density at radius 2 is 2.00 bits per heavy atom. The van der Waals surface area contributed by atoms with Crippen molar-refractivity contribution in [3.05, 3.63) is 50.0 Å². The minimum Gasteiger partial charge on any atom is -0.455 e. The van der Waals surface area contributed by atoms with E-state index in [0.717, 1.165) is 12.1 Å². The number of hydrogen-bond acceptors (Lipinski definition) is 3. The summed E-state index contributed by atoms with van der Waals surface area (Å²) in [6.45, 7) is 1.61. The zero-order valence-electron chi connectivity index (χ0n) is 13.1. The van der Waals surface area contributed by atoms with Gasteiger partial charge in [0.15, 0.2) is 11.5 Å². The van der Waals surface area contributed by atoms with Gasteiger partial charge in [0, 0.05) is 22.0 Å². The first kappa shape index (κ1) is 18.0. The third-order valence-electron chi connectivity index (χ3n) is 4.05. The maximum atomic E-state index is 12.9. The van der Waals surface area contributed by atoms with Gasteiger partial charge in [0.05, 0.1) is 16.8 Å². The van der Waals surface area contributed by atoms with Crippen LogP contribution in [0.2, 0.25) is 0 Å². The summed E-state index contributed by atoms with van der Waals surface area (Å²) < 4.78 is 44.5. The maximum absolute atomic E-state index is 12.9. The van der Waals surface area contributed by atoms with E-state index in [9.17, 15) is 22.8 Å². The van der Waals surface area contributed by atoms with Crippen molar-refractivity contribution in [2.24, 2.45) is 0 Å². The van der Waals surface area contributed by atoms with Crippen LogP contribution in [-0.2, 0) is 12.6 Å². The average Bonchev–Trinajstić information content (AvgIpc) is 2.87. The molecule has 8 heteroatoms. The van der Waals surface area contributed by atoms with Crippen molar-refractivity contribution in [1.29, 1.82) is 0 Å². The van der Waals surface area contributed by atoms with Gasteiger partial charge in [-0.1, -0.05) is 0 Å². The van der Waals surface area contributed by atoms with Gasteiger partial charge in [-0.05, 0) is 54.1 Å². The number of amides is 1. The predicted molar refractivity (Wildman–Crippen MR) is 92.8 cm³/mol. The first-order chi connectivity index (χ1) is 11.7. The molecule has 1 aliphatic rings. The Morgan fingerprint density at radius 3 is 2.64 bits per heavy atom. The summed E-state index contributed by atoms with van der Waals surface area (Å²) in [5.74, 6) is -0.307. The third-order valence-corrected chi connectivity index (χ3v) is 5.00. The molecular weight excluding hydrogens is 450 g/mol. The second kappa shape index (κ2) is 6.47. The number of hydrogen-bond donors (Lipinski definition) is 1. The molecule has 1 amide bonds. The van der Waals surface area contributed by atoms with Crippen molar-refractivity contribution < 1.29 is 27.2 Å². The molecule has 1 aromatic heterocycles. The minimum absolute atomic E-state index is 0.0338. The Kier molecular flexibility index (Phi) is 4.65. The molecular formula is C17H13F3INO3. The van der Waals surface area contributed by atoms with Gasteiger partial charge >= 0.3 is 6.18 Å². The van der Waals surface area contributed by atoms with Crippen LogP contribution in [0.25, 0.3) is 0 Å². The minimum atomic E-state index is -4.50. The molecule has 1 aromatic carbocycles. The SMILES string of the molecule is Cc1c(C(=O)Nc2cc(C(F)(F)F)ccc2I)oc2c1C(=O)CCC2. The van der Waals surface area contributed by atoms with Gasteiger partial charge < -0.3 is 9.73 Å². The molecule has 0 radical (unpaired) electrons. The molecule has 0 spiro atoms. The lowest BCUT2D eigenvalue weighted by molar-refractivity contribution is -0.137. The predicted octanol–water partition coefficient (Wildman–Crippen LogP) is 4.98. The van der Waals surface area contributed by atoms with Crippen LogP contribution >= 0.6 is 22.6 Å². The van der Waals surface area contributed by atoms with Crippen molar-refractivity contribution in [3.8, 4) is 0 Å². The third kappa shape index (κ3) is 3.44. The van der Waals surface area contributed by atoms with Crippen molar-refractivity contribution in [3.63, 3.8) is 0 Å². The number of ketones is 1. The monoisotopic (exact) mass is 463 g/mol. The van der Waals surface area contributed by atoms with E-state index >= 15 is 0 Å². The second-order valence-electron chi connectivity index (χ2n) is 5.78. The molecule has 1 aliphatic carbocycles. The Balaban J connectivity index is 1.93. The molecule has 0 unspecified atom stereocenters. The van der Waals surface area contributed by atoms with Crippen LogP contribution < -0.4 is 5.32 Å². The number of fused-ring (bicyclic) bond motifs is 1. The molecule has 0 bridgehead atoms. The topological polar surface area (TPSA) is 59.3 Å². The van der Waals surface area contributed by atoms with Gasteiger partial charge in [-0.3, -0.25) is 9.59 Å². The summed E-state index contributed by atoms with van der Waals surface area (Å²) in [5, 5.41) is 2.45. The van der Waals surface area contributed by atoms with Crippen LogP contribution in [0.15, 0.2) is 22.6 Å². The fourth-order valence-corrected chi connectivity index (χ4v) is 3.31. The highest BCUT2D eigenvalue weighted by atomic mass is 127. The van der Waals surface area contributed by atoms with E-state index in [-0.39, 0.29) is 17.2 Å². The van der Waals surface area contributed by atoms with Gasteiger partial charge in [-0.2, -0.15) is 13.2 Å². The number of rotatable bonds is 2. The summed E-state index contributed by atoms with van der Waals surface area (Å²) >= 11 is 1.84. The van der Waals surface area contributed by atoms with Crippen molar-refractivity contribution >= 4 is 40.0 Å². The number of aryl methyl sites for hydroxylation is 1. The van der Waals surface area contributed by atoms with Crippen LogP contribution in [0, 0.1) is 10.5 Å². The molecule has 25 heavy (non-hydrogen) atoms. The Bertz CT molecular complexity index is 871. The number of anilines is 1. The van der Waals surface area contributed by atoms with Crippen LogP contribution in [0.3, 0.4) is 0 Å². The van der Waals surface area contributed by atoms with Crippen LogP contribution in [-0.4, -0.2) is 11.7 Å². The molecule has 1 N–H and O–H groups in total. The zero-order chi connectivity index (χ0) is 18.4. The number of benzene rings is 1. The molecule has 0 saturated heterocycles. The lowest BCUT2D eigenvalue weighted by atomic mass is 9.94. The molecule has 2 aromatic rings. The van der Waals surface area contributed by atoms with E-state index in [1.165, 1.54) is 6.07 Å². The molecule has 0 fully saturated rings. The number of carbonyl (C=O) groups is 2. The van der Waals surface area contributed by atoms with Crippen molar-refractivity contribution in [2.45, 2.75) is 32.4 Å². The normalized spacial score (nSPS) is 14.4. The molecule has 0 saturated carbocycles. The molecule has 0 aliphatic heterocycles. The lowest BCUT2D eigenvalue weighted by Gasteiger charge is -2.11. The summed E-state index contributed by atoms with van der Waals surface area (Å²) in [6, 6.07) is 3.11. The van der Waals surface area contributed by atoms with E-state index in [1.807, 2.05) is 22.6 Å². The van der Waals surface area contributed by atoms with E-state index in [2.05, 4.69) is 5.32 Å². The number of furan rings is 1. The highest BCUT2D eigenvalue weighted by molar-refractivity contribution is 14.1. The van der Waals surface area contributed by atoms with E-state index in [0.29, 0.717) is 39.7 Å². The van der Waals surface area contributed by atoms with Crippen LogP contribution in [0.5, 0.6) is 0 Å². The summed E-state index contributed by atoms with van der Waals surface area (Å²) in [6.07, 6.45) is -2.88. The van der Waals surface area contributed by atoms with Gasteiger partial charge in [0.1, 0.15) is 5.76 Å². The van der Waals surface area contributed by atoms with Gasteiger partial charge in [0.2, 0.25) is 0 Å². The standard InChI is InChI=1S/C17H13F3INO3/c1-8-14-12(23)3-2-4-13(14)25-15(8)16(24)22-11-7-9(17(18,19)20)5-6-10(11)21/h5-7H,2-4H2,1H3,(H,22,24). The molecule has 132 valence electrons. The maximum Gasteiger partial charge on any atom is 0.416 e. The van der Waals surface area contributed by atoms with Crippen LogP contribution in [0.4, 0.5) is 18.9 Å². The van der Waals surface area contributed by atoms with Gasteiger partial charge in [0.25, 0.3) is 5.91 Å². The van der Waals surface area contributed by atoms with E-state index in [1.54, 1.807) is 6.92 Å². The first-order valence-electron chi connectivity index (χ1n) is 7.52. The largest absolute Gasteiger partial charge is 0.455 e. The molecule has 1 heterocycles. The Morgan fingerprint density at radius 1 is 1.28 bits per heavy atom. The Hall–Kier alpha value is -1.84. The zero-order valence-corrected chi connectivity index (χ0v) is 15.2. The van der Waals surface area contributed by atoms with E-state index in [4.69, 9.17) is 4.42 Å². The smallest absolute Gasteiger partial charge is 0.416 e. The Labute approximate surface area is 154 Å². The number of alkyl halides is 3. The molecule has 4 nitrogen and oxygen atoms in total. The first-order valence-corrected chi connectivity index (χ1v) is 8.60. The van der Waals surface area contributed by atoms with Gasteiger partial charge in [-0.15, -0.1) is 0 Å². The average molecular weight is 463 g/mol. The highest BCUT2D eigenvalue weighted by Gasteiger charge is 2.32. The summed E-state index contributed by atoms with van der Waals surface area (Å²) in [5.41, 5.74) is 0.0451. The number of halogens is 4. The quantitative estimate of drug-likeness (QED) is 0.640. The van der Waals surface area contributed by atoms with Gasteiger partial charge in [-0.25, -0.2) is 0 Å². The fourth-order valence-electron chi connectivity index (χ4n) is 2.84. The number of Topliss-reactive ketones (excluding diaryl/α,β-unsaturated/α-hetero) is 1. The highest BCUT2D eigenvalue weighted by Crippen LogP contribution is 2.34. The lowest BCUT2D eigenvalue weighted by Crippen LogP contribution is -2.15. The molecule has 3 rings (SSSR count). The summed E-state index contributed by atoms with van der Waals surface area (Å²) in [7, 11) is 0. The summed E-state index contributed by atoms with van der Waals surface area (Å²) in [4.78, 5) is 24.5. The van der Waals surface area contributed by atoms with E-state index < -0.39 is 17.6 Å². The van der Waals surface area contributed by atoms with Crippen molar-refractivity contribution in [2.75, 3.05) is 5.32 Å². The fraction of sp³-hybridized carbons (Fsp3) is 0.294. The van der Waals surface area contributed by atoms with Crippen molar-refractivity contribution in [1.82, 2.24) is 0 Å². The molecule has 0 atom stereocenters. The second-order valence-corrected chi connectivity index (χ2v) is 6.94.